The molecule has 0 amide bonds. The number of nitro benzene ring substituents is 1. The third-order valence-electron chi connectivity index (χ3n) is 6.98. The Labute approximate surface area is 189 Å². The monoisotopic (exact) mass is 427 g/mol. The molecule has 2 aliphatic rings. The molecule has 1 aliphatic carbocycles. The van der Waals surface area contributed by atoms with Gasteiger partial charge in [0, 0.05) is 49.9 Å². The lowest BCUT2D eigenvalue weighted by atomic mass is 9.91. The van der Waals surface area contributed by atoms with Crippen molar-refractivity contribution in [2.24, 2.45) is 0 Å². The van der Waals surface area contributed by atoms with Crippen molar-refractivity contribution in [3.05, 3.63) is 94.0 Å². The Morgan fingerprint density at radius 1 is 0.781 bits per heavy atom. The van der Waals surface area contributed by atoms with Crippen molar-refractivity contribution in [2.45, 2.75) is 25.2 Å². The van der Waals surface area contributed by atoms with Gasteiger partial charge >= 0.3 is 0 Å². The van der Waals surface area contributed by atoms with Gasteiger partial charge in [-0.2, -0.15) is 0 Å². The minimum Gasteiger partial charge on any atom is -0.369 e. The van der Waals surface area contributed by atoms with Crippen LogP contribution in [0.2, 0.25) is 0 Å². The van der Waals surface area contributed by atoms with Gasteiger partial charge in [0.2, 0.25) is 0 Å². The van der Waals surface area contributed by atoms with E-state index < -0.39 is 0 Å². The van der Waals surface area contributed by atoms with Gasteiger partial charge in [0.1, 0.15) is 0 Å². The van der Waals surface area contributed by atoms with E-state index in [1.807, 2.05) is 12.1 Å². The van der Waals surface area contributed by atoms with Crippen molar-refractivity contribution in [2.75, 3.05) is 37.6 Å². The van der Waals surface area contributed by atoms with Crippen LogP contribution in [0, 0.1) is 10.1 Å². The molecule has 1 aliphatic heterocycles. The lowest BCUT2D eigenvalue weighted by Gasteiger charge is -2.36. The predicted octanol–water partition coefficient (Wildman–Crippen LogP) is 5.70. The van der Waals surface area contributed by atoms with Crippen LogP contribution in [0.25, 0.3) is 11.1 Å². The number of nitrogens with zero attached hydrogens (tertiary/aromatic N) is 3. The summed E-state index contributed by atoms with van der Waals surface area (Å²) in [7, 11) is 0. The number of unbranched alkanes of at least 4 members (excludes halogenated alkanes) is 1. The molecular weight excluding hydrogens is 398 g/mol. The van der Waals surface area contributed by atoms with Crippen molar-refractivity contribution in [1.29, 1.82) is 0 Å². The van der Waals surface area contributed by atoms with E-state index in [0.29, 0.717) is 5.92 Å². The third-order valence-corrected chi connectivity index (χ3v) is 6.98. The summed E-state index contributed by atoms with van der Waals surface area (Å²) in [6, 6.07) is 24.7. The highest BCUT2D eigenvalue weighted by Crippen LogP contribution is 2.46. The molecule has 0 unspecified atom stereocenters. The number of hydrogen-bond acceptors (Lipinski definition) is 4. The van der Waals surface area contributed by atoms with Crippen molar-refractivity contribution in [3.63, 3.8) is 0 Å². The molecule has 5 heteroatoms. The van der Waals surface area contributed by atoms with Crippen LogP contribution in [-0.4, -0.2) is 42.5 Å². The Balaban J connectivity index is 1.10. The maximum atomic E-state index is 10.8. The first-order chi connectivity index (χ1) is 15.7. The molecule has 3 aromatic carbocycles. The van der Waals surface area contributed by atoms with E-state index in [1.165, 1.54) is 41.5 Å². The molecule has 0 atom stereocenters. The molecule has 0 aromatic heterocycles. The molecule has 0 bridgehead atoms. The minimum atomic E-state index is -0.343. The first-order valence-electron chi connectivity index (χ1n) is 11.6. The van der Waals surface area contributed by atoms with Gasteiger partial charge < -0.3 is 4.90 Å². The van der Waals surface area contributed by atoms with Gasteiger partial charge in [-0.15, -0.1) is 0 Å². The van der Waals surface area contributed by atoms with E-state index in [-0.39, 0.29) is 10.6 Å². The average Bonchev–Trinajstić information content (AvgIpc) is 3.16. The van der Waals surface area contributed by atoms with Crippen LogP contribution < -0.4 is 4.90 Å². The van der Waals surface area contributed by atoms with Gasteiger partial charge in [-0.05, 0) is 53.8 Å². The van der Waals surface area contributed by atoms with E-state index >= 15 is 0 Å². The molecule has 0 saturated carbocycles. The number of rotatable bonds is 7. The van der Waals surface area contributed by atoms with Crippen LogP contribution in [0.3, 0.4) is 0 Å². The van der Waals surface area contributed by atoms with Crippen LogP contribution in [0.5, 0.6) is 0 Å². The lowest BCUT2D eigenvalue weighted by Crippen LogP contribution is -2.46. The van der Waals surface area contributed by atoms with Crippen LogP contribution >= 0.6 is 0 Å². The van der Waals surface area contributed by atoms with Gasteiger partial charge in [-0.1, -0.05) is 55.0 Å². The molecular formula is C27H29N3O2. The highest BCUT2D eigenvalue weighted by molar-refractivity contribution is 5.78. The highest BCUT2D eigenvalue weighted by Gasteiger charge is 2.27. The SMILES string of the molecule is O=[N+]([O-])c1ccc(N2CCN(CCCCC3c4ccccc4-c4ccccc43)CC2)cc1. The summed E-state index contributed by atoms with van der Waals surface area (Å²) < 4.78 is 0. The summed E-state index contributed by atoms with van der Waals surface area (Å²) in [6.45, 7) is 5.19. The van der Waals surface area contributed by atoms with Crippen LogP contribution in [0.15, 0.2) is 72.8 Å². The van der Waals surface area contributed by atoms with Gasteiger partial charge in [0.05, 0.1) is 4.92 Å². The molecule has 1 fully saturated rings. The molecule has 1 heterocycles. The number of nitro groups is 1. The Morgan fingerprint density at radius 2 is 1.38 bits per heavy atom. The fourth-order valence-corrected chi connectivity index (χ4v) is 5.27. The van der Waals surface area contributed by atoms with Crippen molar-refractivity contribution >= 4 is 11.4 Å². The predicted molar refractivity (Wildman–Crippen MR) is 129 cm³/mol. The van der Waals surface area contributed by atoms with Crippen molar-refractivity contribution < 1.29 is 4.92 Å². The summed E-state index contributed by atoms with van der Waals surface area (Å²) in [5, 5.41) is 10.8. The fraction of sp³-hybridized carbons (Fsp3) is 0.333. The number of anilines is 1. The zero-order valence-corrected chi connectivity index (χ0v) is 18.3. The number of piperazine rings is 1. The Kier molecular flexibility index (Phi) is 5.91. The summed E-state index contributed by atoms with van der Waals surface area (Å²) in [4.78, 5) is 15.4. The summed E-state index contributed by atoms with van der Waals surface area (Å²) >= 11 is 0. The quantitative estimate of drug-likeness (QED) is 0.276. The van der Waals surface area contributed by atoms with Crippen molar-refractivity contribution in [3.8, 4) is 11.1 Å². The Bertz CT molecular complexity index is 1040. The largest absolute Gasteiger partial charge is 0.369 e. The number of hydrogen-bond donors (Lipinski definition) is 0. The second kappa shape index (κ2) is 9.13. The fourth-order valence-electron chi connectivity index (χ4n) is 5.27. The zero-order valence-electron chi connectivity index (χ0n) is 18.3. The van der Waals surface area contributed by atoms with Gasteiger partial charge in [-0.3, -0.25) is 15.0 Å². The summed E-state index contributed by atoms with van der Waals surface area (Å²) in [5.41, 5.74) is 7.04. The normalized spacial score (nSPS) is 16.1. The molecule has 0 spiro atoms. The number of non-ortho nitro benzene ring substituents is 1. The minimum absolute atomic E-state index is 0.153. The zero-order chi connectivity index (χ0) is 21.9. The lowest BCUT2D eigenvalue weighted by molar-refractivity contribution is -0.384. The first kappa shape index (κ1) is 20.7. The summed E-state index contributed by atoms with van der Waals surface area (Å²) in [5.74, 6) is 0.529. The van der Waals surface area contributed by atoms with E-state index in [9.17, 15) is 10.1 Å². The van der Waals surface area contributed by atoms with Crippen LogP contribution in [0.4, 0.5) is 11.4 Å². The third kappa shape index (κ3) is 4.13. The Morgan fingerprint density at radius 3 is 1.97 bits per heavy atom. The maximum absolute atomic E-state index is 10.8. The molecule has 0 radical (unpaired) electrons. The molecule has 5 rings (SSSR count). The van der Waals surface area contributed by atoms with Gasteiger partial charge in [0.25, 0.3) is 5.69 Å². The summed E-state index contributed by atoms with van der Waals surface area (Å²) in [6.07, 6.45) is 3.66. The standard InChI is InChI=1S/C27H29N3O2/c31-30(32)22-14-12-21(13-15-22)29-19-17-28(18-20-29)16-6-5-11-27-25-9-3-1-7-23(25)24-8-2-4-10-26(24)27/h1-4,7-10,12-15,27H,5-6,11,16-20H2. The second-order valence-corrected chi connectivity index (χ2v) is 8.83. The Hall–Kier alpha value is -3.18. The van der Waals surface area contributed by atoms with Gasteiger partial charge in [0.15, 0.2) is 0 Å². The maximum Gasteiger partial charge on any atom is 0.269 e. The van der Waals surface area contributed by atoms with E-state index in [0.717, 1.165) is 38.4 Å². The molecule has 1 saturated heterocycles. The van der Waals surface area contributed by atoms with Gasteiger partial charge in [-0.25, -0.2) is 0 Å². The first-order valence-corrected chi connectivity index (χ1v) is 11.6. The number of benzene rings is 3. The topological polar surface area (TPSA) is 49.6 Å². The molecule has 0 N–H and O–H groups in total. The van der Waals surface area contributed by atoms with E-state index in [4.69, 9.17) is 0 Å². The van der Waals surface area contributed by atoms with Crippen LogP contribution in [0.1, 0.15) is 36.3 Å². The van der Waals surface area contributed by atoms with Crippen molar-refractivity contribution in [1.82, 2.24) is 4.90 Å². The second-order valence-electron chi connectivity index (χ2n) is 8.83. The molecule has 164 valence electrons. The molecule has 32 heavy (non-hydrogen) atoms. The van der Waals surface area contributed by atoms with E-state index in [1.54, 1.807) is 12.1 Å². The van der Waals surface area contributed by atoms with E-state index in [2.05, 4.69) is 58.3 Å². The average molecular weight is 428 g/mol. The molecule has 5 nitrogen and oxygen atoms in total. The highest BCUT2D eigenvalue weighted by atomic mass is 16.6. The number of fused-ring (bicyclic) bond motifs is 3. The molecule has 3 aromatic rings. The smallest absolute Gasteiger partial charge is 0.269 e. The van der Waals surface area contributed by atoms with Crippen LogP contribution in [-0.2, 0) is 0 Å².